The number of phosphoric acid groups is 1. The second kappa shape index (κ2) is 14.2. The summed E-state index contributed by atoms with van der Waals surface area (Å²) in [5.74, 6) is 2.69. The van der Waals surface area contributed by atoms with Crippen LogP contribution in [0.25, 0.3) is 0 Å². The number of carbonyl (C=O) groups excluding carboxylic acids is 1. The van der Waals surface area contributed by atoms with Crippen LogP contribution in [0, 0.1) is 11.8 Å². The molecule has 15 heteroatoms. The van der Waals surface area contributed by atoms with E-state index in [9.17, 15) is 19.1 Å². The minimum atomic E-state index is -5.02. The molecule has 2 heterocycles. The Labute approximate surface area is 277 Å². The van der Waals surface area contributed by atoms with E-state index in [1.165, 1.54) is 6.42 Å². The van der Waals surface area contributed by atoms with Crippen molar-refractivity contribution in [2.24, 2.45) is 11.8 Å². The van der Waals surface area contributed by atoms with Gasteiger partial charge in [-0.1, -0.05) is 17.7 Å². The summed E-state index contributed by atoms with van der Waals surface area (Å²) in [7, 11) is -3.47. The Morgan fingerprint density at radius 1 is 1.18 bits per heavy atom. The number of carbonyl (C=O) groups is 1. The van der Waals surface area contributed by atoms with E-state index in [0.717, 1.165) is 18.7 Å². The third kappa shape index (κ3) is 8.78. The number of rotatable bonds is 9. The van der Waals surface area contributed by atoms with Gasteiger partial charge in [0.15, 0.2) is 0 Å². The van der Waals surface area contributed by atoms with E-state index in [4.69, 9.17) is 21.3 Å². The van der Waals surface area contributed by atoms with Gasteiger partial charge in [-0.15, -0.1) is 0 Å². The molecule has 2 atom stereocenters. The minimum absolute atomic E-state index is 0. The second-order valence-electron chi connectivity index (χ2n) is 9.92. The number of nitrogens with zero attached hydrogens (tertiary/aromatic N) is 3. The van der Waals surface area contributed by atoms with Gasteiger partial charge in [-0.05, 0) is 61.6 Å². The van der Waals surface area contributed by atoms with E-state index in [-0.39, 0.29) is 71.1 Å². The SMILES string of the molecule is COc1ccc(CNc2nc(N3CC4CC4C3)ncc2C(=O)NC2CCC(OP(=O)([O-])[O-])CC2)cc1Cl.[Na+].[Na+]. The van der Waals surface area contributed by atoms with Crippen molar-refractivity contribution < 1.29 is 87.5 Å². The zero-order valence-electron chi connectivity index (χ0n) is 22.4. The summed E-state index contributed by atoms with van der Waals surface area (Å²) in [6.07, 6.45) is 3.90. The molecule has 1 saturated heterocycles. The molecule has 1 aromatic carbocycles. The molecular formula is C24H29ClN5Na2O6P. The van der Waals surface area contributed by atoms with Crippen LogP contribution in [0.5, 0.6) is 5.75 Å². The maximum absolute atomic E-state index is 13.2. The van der Waals surface area contributed by atoms with Crippen LogP contribution in [-0.2, 0) is 15.6 Å². The van der Waals surface area contributed by atoms with Gasteiger partial charge in [-0.3, -0.25) is 4.79 Å². The van der Waals surface area contributed by atoms with Crippen LogP contribution in [-0.4, -0.2) is 48.2 Å². The maximum Gasteiger partial charge on any atom is 1.00 e. The largest absolute Gasteiger partial charge is 1.00 e. The summed E-state index contributed by atoms with van der Waals surface area (Å²) in [5, 5.41) is 6.76. The van der Waals surface area contributed by atoms with E-state index >= 15 is 0 Å². The van der Waals surface area contributed by atoms with Gasteiger partial charge in [-0.2, -0.15) is 4.98 Å². The summed E-state index contributed by atoms with van der Waals surface area (Å²) in [5.41, 5.74) is 1.21. The molecule has 200 valence electrons. The minimum Gasteiger partial charge on any atom is -0.790 e. The number of anilines is 2. The quantitative estimate of drug-likeness (QED) is 0.217. The molecule has 2 saturated carbocycles. The molecule has 3 aliphatic rings. The molecule has 39 heavy (non-hydrogen) atoms. The Balaban J connectivity index is 0.00000210. The van der Waals surface area contributed by atoms with Crippen LogP contribution in [0.4, 0.5) is 11.8 Å². The normalized spacial score (nSPS) is 23.6. The average Bonchev–Trinajstić information content (AvgIpc) is 3.47. The Bertz CT molecular complexity index is 1210. The smallest absolute Gasteiger partial charge is 0.790 e. The van der Waals surface area contributed by atoms with Gasteiger partial charge in [0, 0.05) is 31.9 Å². The van der Waals surface area contributed by atoms with Crippen LogP contribution < -0.4 is 89.2 Å². The van der Waals surface area contributed by atoms with E-state index in [1.54, 1.807) is 25.4 Å². The first-order valence-corrected chi connectivity index (χ1v) is 14.2. The number of ether oxygens (including phenoxy) is 1. The number of hydrogen-bond donors (Lipinski definition) is 2. The monoisotopic (exact) mass is 595 g/mol. The molecule has 2 aliphatic carbocycles. The predicted molar refractivity (Wildman–Crippen MR) is 133 cm³/mol. The van der Waals surface area contributed by atoms with Crippen molar-refractivity contribution >= 4 is 37.1 Å². The van der Waals surface area contributed by atoms with Crippen molar-refractivity contribution in [1.82, 2.24) is 15.3 Å². The first-order valence-electron chi connectivity index (χ1n) is 12.4. The number of piperidine rings is 1. The number of benzene rings is 1. The molecule has 2 aromatic rings. The molecular weight excluding hydrogens is 567 g/mol. The van der Waals surface area contributed by atoms with Crippen LogP contribution >= 0.6 is 19.4 Å². The standard InChI is InChI=1S/C24H31ClN5O6P.2Na/c1-35-21-7-2-14(8-20(21)25)10-26-22-19(11-27-24(29-22)30-12-15-9-16(15)13-30)23(31)28-17-3-5-18(6-4-17)36-37(32,33)34;;/h2,7-8,11,15-18H,3-6,9-10,12-13H2,1H3,(H,28,31)(H,26,27,29)(H2,32,33,34);;/q;2*+1/p-2. The van der Waals surface area contributed by atoms with Gasteiger partial charge in [0.25, 0.3) is 5.91 Å². The molecule has 0 spiro atoms. The fourth-order valence-corrected chi connectivity index (χ4v) is 6.01. The van der Waals surface area contributed by atoms with Crippen LogP contribution in [0.3, 0.4) is 0 Å². The second-order valence-corrected chi connectivity index (χ2v) is 11.4. The summed E-state index contributed by atoms with van der Waals surface area (Å²) < 4.78 is 20.7. The number of phosphoric ester groups is 1. The molecule has 5 rings (SSSR count). The molecule has 1 aliphatic heterocycles. The molecule has 2 N–H and O–H groups in total. The summed E-state index contributed by atoms with van der Waals surface area (Å²) in [4.78, 5) is 46.3. The van der Waals surface area contributed by atoms with Crippen LogP contribution in [0.2, 0.25) is 5.02 Å². The van der Waals surface area contributed by atoms with Crippen molar-refractivity contribution in [3.05, 3.63) is 40.5 Å². The third-order valence-corrected chi connectivity index (χ3v) is 8.10. The number of halogens is 1. The third-order valence-electron chi connectivity index (χ3n) is 7.25. The van der Waals surface area contributed by atoms with E-state index in [0.29, 0.717) is 72.2 Å². The molecule has 0 bridgehead atoms. The topological polar surface area (TPSA) is 152 Å². The molecule has 1 amide bonds. The number of nitrogens with one attached hydrogen (secondary N) is 2. The zero-order chi connectivity index (χ0) is 26.2. The van der Waals surface area contributed by atoms with Crippen molar-refractivity contribution in [3.8, 4) is 5.75 Å². The van der Waals surface area contributed by atoms with Gasteiger partial charge in [0.05, 0.1) is 26.1 Å². The molecule has 0 radical (unpaired) electrons. The summed E-state index contributed by atoms with van der Waals surface area (Å²) in [6, 6.07) is 5.29. The fourth-order valence-electron chi connectivity index (χ4n) is 5.15. The number of fused-ring (bicyclic) bond motifs is 1. The van der Waals surface area contributed by atoms with Gasteiger partial charge in [0.1, 0.15) is 17.1 Å². The van der Waals surface area contributed by atoms with E-state index < -0.39 is 13.9 Å². The zero-order valence-corrected chi connectivity index (χ0v) is 28.0. The molecule has 1 aromatic heterocycles. The van der Waals surface area contributed by atoms with Gasteiger partial charge >= 0.3 is 59.1 Å². The number of amides is 1. The fraction of sp³-hybridized carbons (Fsp3) is 0.542. The van der Waals surface area contributed by atoms with Crippen molar-refractivity contribution in [2.75, 3.05) is 30.4 Å². The van der Waals surface area contributed by atoms with Crippen molar-refractivity contribution in [2.45, 2.75) is 50.8 Å². The summed E-state index contributed by atoms with van der Waals surface area (Å²) in [6.45, 7) is 2.24. The number of aromatic nitrogens is 2. The van der Waals surface area contributed by atoms with Crippen LogP contribution in [0.1, 0.15) is 48.0 Å². The van der Waals surface area contributed by atoms with E-state index in [1.807, 2.05) is 6.07 Å². The van der Waals surface area contributed by atoms with Gasteiger partial charge < -0.3 is 39.1 Å². The van der Waals surface area contributed by atoms with Crippen molar-refractivity contribution in [3.63, 3.8) is 0 Å². The molecule has 11 nitrogen and oxygen atoms in total. The number of hydrogen-bond acceptors (Lipinski definition) is 10. The number of methoxy groups -OCH3 is 1. The van der Waals surface area contributed by atoms with E-state index in [2.05, 4.69) is 25.0 Å². The predicted octanol–water partition coefficient (Wildman–Crippen LogP) is -3.90. The maximum atomic E-state index is 13.2. The molecule has 3 fully saturated rings. The Kier molecular flexibility index (Phi) is 12.0. The Morgan fingerprint density at radius 3 is 2.49 bits per heavy atom. The van der Waals surface area contributed by atoms with Crippen LogP contribution in [0.15, 0.2) is 24.4 Å². The average molecular weight is 596 g/mol. The Morgan fingerprint density at radius 2 is 1.87 bits per heavy atom. The van der Waals surface area contributed by atoms with Crippen molar-refractivity contribution in [1.29, 1.82) is 0 Å². The first-order chi connectivity index (χ1) is 17.7. The molecule has 2 unspecified atom stereocenters. The first kappa shape index (κ1) is 33.1. The summed E-state index contributed by atoms with van der Waals surface area (Å²) >= 11 is 6.27. The Hall–Kier alpha value is -0.430. The van der Waals surface area contributed by atoms with Gasteiger partial charge in [0.2, 0.25) is 5.95 Å². The van der Waals surface area contributed by atoms with Gasteiger partial charge in [-0.25, -0.2) is 4.98 Å².